The number of anilines is 1. The number of carbonyl (C=O) groups excluding carboxylic acids is 2. The fraction of sp³-hybridized carbons (Fsp3) is 0.0690. The van der Waals surface area contributed by atoms with Crippen LogP contribution in [0.25, 0.3) is 5.76 Å². The Hall–Kier alpha value is -4.71. The predicted molar refractivity (Wildman–Crippen MR) is 133 cm³/mol. The fourth-order valence-electron chi connectivity index (χ4n) is 4.27. The third-order valence-corrected chi connectivity index (χ3v) is 5.93. The lowest BCUT2D eigenvalue weighted by molar-refractivity contribution is -0.132. The molecule has 3 aromatic carbocycles. The van der Waals surface area contributed by atoms with Gasteiger partial charge in [0.05, 0.1) is 11.6 Å². The van der Waals surface area contributed by atoms with E-state index in [1.54, 1.807) is 36.4 Å². The molecule has 172 valence electrons. The van der Waals surface area contributed by atoms with E-state index in [1.165, 1.54) is 17.3 Å². The number of rotatable bonds is 5. The number of carbonyl (C=O) groups is 2. The van der Waals surface area contributed by atoms with Gasteiger partial charge in [-0.05, 0) is 60.5 Å². The Kier molecular flexibility index (Phi) is 5.85. The monoisotopic (exact) mass is 462 g/mol. The molecule has 6 heteroatoms. The van der Waals surface area contributed by atoms with E-state index >= 15 is 0 Å². The number of ketones is 1. The summed E-state index contributed by atoms with van der Waals surface area (Å²) in [6, 6.07) is 26.3. The number of aryl methyl sites for hydroxylation is 1. The van der Waals surface area contributed by atoms with Crippen LogP contribution < -0.4 is 9.64 Å². The molecule has 1 atom stereocenters. The van der Waals surface area contributed by atoms with Gasteiger partial charge in [-0.15, -0.1) is 0 Å². The van der Waals surface area contributed by atoms with Crippen molar-refractivity contribution < 1.29 is 19.4 Å². The quantitative estimate of drug-likeness (QED) is 0.230. The first-order valence-electron chi connectivity index (χ1n) is 11.1. The average molecular weight is 463 g/mol. The van der Waals surface area contributed by atoms with Crippen LogP contribution in [0, 0.1) is 6.92 Å². The second kappa shape index (κ2) is 9.27. The summed E-state index contributed by atoms with van der Waals surface area (Å²) in [5, 5.41) is 11.2. The molecule has 1 aliphatic heterocycles. The number of aromatic nitrogens is 1. The van der Waals surface area contributed by atoms with E-state index in [4.69, 9.17) is 4.74 Å². The molecule has 0 radical (unpaired) electrons. The minimum Gasteiger partial charge on any atom is -0.507 e. The Morgan fingerprint density at radius 2 is 1.54 bits per heavy atom. The van der Waals surface area contributed by atoms with Gasteiger partial charge < -0.3 is 9.84 Å². The van der Waals surface area contributed by atoms with Gasteiger partial charge in [0.15, 0.2) is 0 Å². The zero-order chi connectivity index (χ0) is 24.4. The fourth-order valence-corrected chi connectivity index (χ4v) is 4.27. The van der Waals surface area contributed by atoms with Crippen molar-refractivity contribution in [2.75, 3.05) is 4.90 Å². The molecule has 5 rings (SSSR count). The van der Waals surface area contributed by atoms with Crippen molar-refractivity contribution in [3.8, 4) is 11.5 Å². The summed E-state index contributed by atoms with van der Waals surface area (Å²) in [4.78, 5) is 32.1. The highest BCUT2D eigenvalue weighted by Gasteiger charge is 2.47. The number of Topliss-reactive ketones (excluding diaryl/α,β-unsaturated/α-hetero) is 1. The number of benzene rings is 3. The smallest absolute Gasteiger partial charge is 0.300 e. The average Bonchev–Trinajstić information content (AvgIpc) is 3.15. The van der Waals surface area contributed by atoms with E-state index < -0.39 is 17.7 Å². The van der Waals surface area contributed by atoms with Crippen molar-refractivity contribution in [3.63, 3.8) is 0 Å². The molecule has 1 N–H and O–H groups in total. The summed E-state index contributed by atoms with van der Waals surface area (Å²) < 4.78 is 6.00. The molecule has 1 unspecified atom stereocenters. The van der Waals surface area contributed by atoms with E-state index in [2.05, 4.69) is 4.98 Å². The standard InChI is InChI=1S/C29H22N2O4/c1-19-8-5-6-13-24(19)31-26(21-9-7-12-23(18-21)35-22-10-3-2-4-11-22)25(28(33)29(31)34)27(32)20-14-16-30-17-15-20/h2-18,26,32H,1H3/b27-25-. The van der Waals surface area contributed by atoms with Gasteiger partial charge in [-0.2, -0.15) is 0 Å². The lowest BCUT2D eigenvalue weighted by Gasteiger charge is -2.27. The molecule has 0 bridgehead atoms. The van der Waals surface area contributed by atoms with Crippen molar-refractivity contribution in [1.82, 2.24) is 4.98 Å². The van der Waals surface area contributed by atoms with Crippen LogP contribution in [-0.4, -0.2) is 21.8 Å². The SMILES string of the molecule is Cc1ccccc1N1C(=O)C(=O)/C(=C(\O)c2ccncc2)C1c1cccc(Oc2ccccc2)c1. The summed E-state index contributed by atoms with van der Waals surface area (Å²) in [6.07, 6.45) is 3.05. The zero-order valence-corrected chi connectivity index (χ0v) is 19.0. The number of amides is 1. The maximum absolute atomic E-state index is 13.4. The summed E-state index contributed by atoms with van der Waals surface area (Å²) in [5.74, 6) is -0.486. The van der Waals surface area contributed by atoms with Gasteiger partial charge in [-0.25, -0.2) is 0 Å². The second-order valence-electron chi connectivity index (χ2n) is 8.18. The maximum Gasteiger partial charge on any atom is 0.300 e. The van der Waals surface area contributed by atoms with Crippen molar-refractivity contribution in [2.45, 2.75) is 13.0 Å². The molecule has 1 fully saturated rings. The van der Waals surface area contributed by atoms with Crippen LogP contribution in [0.15, 0.2) is 109 Å². The Bertz CT molecular complexity index is 1430. The lowest BCUT2D eigenvalue weighted by atomic mass is 9.95. The van der Waals surface area contributed by atoms with E-state index in [9.17, 15) is 14.7 Å². The summed E-state index contributed by atoms with van der Waals surface area (Å²) in [6.45, 7) is 1.88. The first-order valence-corrected chi connectivity index (χ1v) is 11.1. The van der Waals surface area contributed by atoms with Gasteiger partial charge in [0.2, 0.25) is 0 Å². The molecular formula is C29H22N2O4. The van der Waals surface area contributed by atoms with Crippen molar-refractivity contribution in [2.24, 2.45) is 0 Å². The lowest BCUT2D eigenvalue weighted by Crippen LogP contribution is -2.30. The Morgan fingerprint density at radius 1 is 0.857 bits per heavy atom. The van der Waals surface area contributed by atoms with Crippen LogP contribution >= 0.6 is 0 Å². The minimum absolute atomic E-state index is 0.0151. The number of pyridine rings is 1. The number of nitrogens with zero attached hydrogens (tertiary/aromatic N) is 2. The third-order valence-electron chi connectivity index (χ3n) is 5.93. The number of aliphatic hydroxyl groups excluding tert-OH is 1. The van der Waals surface area contributed by atoms with E-state index in [-0.39, 0.29) is 11.3 Å². The van der Waals surface area contributed by atoms with Crippen LogP contribution in [-0.2, 0) is 9.59 Å². The molecule has 2 heterocycles. The Balaban J connectivity index is 1.68. The van der Waals surface area contributed by atoms with Gasteiger partial charge in [-0.1, -0.05) is 48.5 Å². The van der Waals surface area contributed by atoms with E-state index in [0.717, 1.165) is 5.56 Å². The first kappa shape index (κ1) is 22.1. The highest BCUT2D eigenvalue weighted by molar-refractivity contribution is 6.51. The molecule has 35 heavy (non-hydrogen) atoms. The Morgan fingerprint density at radius 3 is 2.29 bits per heavy atom. The van der Waals surface area contributed by atoms with Crippen LogP contribution in [0.2, 0.25) is 0 Å². The molecule has 1 aromatic heterocycles. The van der Waals surface area contributed by atoms with Crippen molar-refractivity contribution in [1.29, 1.82) is 0 Å². The van der Waals surface area contributed by atoms with Crippen LogP contribution in [0.1, 0.15) is 22.7 Å². The highest BCUT2D eigenvalue weighted by Crippen LogP contribution is 2.43. The summed E-state index contributed by atoms with van der Waals surface area (Å²) >= 11 is 0. The topological polar surface area (TPSA) is 79.7 Å². The Labute approximate surface area is 202 Å². The normalized spacial score (nSPS) is 16.9. The van der Waals surface area contributed by atoms with E-state index in [0.29, 0.717) is 28.3 Å². The van der Waals surface area contributed by atoms with Gasteiger partial charge in [0.25, 0.3) is 11.7 Å². The van der Waals surface area contributed by atoms with Crippen LogP contribution in [0.3, 0.4) is 0 Å². The molecule has 0 saturated carbocycles. The number of hydrogen-bond donors (Lipinski definition) is 1. The molecule has 4 aromatic rings. The molecule has 0 aliphatic carbocycles. The summed E-state index contributed by atoms with van der Waals surface area (Å²) in [5.41, 5.74) is 2.49. The minimum atomic E-state index is -0.844. The number of para-hydroxylation sites is 2. The van der Waals surface area contributed by atoms with Crippen molar-refractivity contribution >= 4 is 23.1 Å². The molecule has 6 nitrogen and oxygen atoms in total. The van der Waals surface area contributed by atoms with Gasteiger partial charge in [0.1, 0.15) is 17.3 Å². The molecule has 1 aliphatic rings. The first-order chi connectivity index (χ1) is 17.0. The largest absolute Gasteiger partial charge is 0.507 e. The number of ether oxygens (including phenoxy) is 1. The molecule has 0 spiro atoms. The third kappa shape index (κ3) is 4.17. The molecule has 1 saturated heterocycles. The highest BCUT2D eigenvalue weighted by atomic mass is 16.5. The van der Waals surface area contributed by atoms with Crippen molar-refractivity contribution in [3.05, 3.63) is 126 Å². The van der Waals surface area contributed by atoms with Crippen LogP contribution in [0.5, 0.6) is 11.5 Å². The number of aliphatic hydroxyl groups is 1. The summed E-state index contributed by atoms with van der Waals surface area (Å²) in [7, 11) is 0. The predicted octanol–water partition coefficient (Wildman–Crippen LogP) is 5.81. The second-order valence-corrected chi connectivity index (χ2v) is 8.18. The zero-order valence-electron chi connectivity index (χ0n) is 19.0. The molecule has 1 amide bonds. The van der Waals surface area contributed by atoms with Crippen LogP contribution in [0.4, 0.5) is 5.69 Å². The van der Waals surface area contributed by atoms with Gasteiger partial charge in [-0.3, -0.25) is 19.5 Å². The number of hydrogen-bond acceptors (Lipinski definition) is 5. The molecular weight excluding hydrogens is 440 g/mol. The maximum atomic E-state index is 13.4. The van der Waals surface area contributed by atoms with Gasteiger partial charge >= 0.3 is 0 Å². The van der Waals surface area contributed by atoms with E-state index in [1.807, 2.05) is 61.5 Å². The van der Waals surface area contributed by atoms with Gasteiger partial charge in [0, 0.05) is 23.6 Å².